The Balaban J connectivity index is 0.000000158. The smallest absolute Gasteiger partial charge is 0.328 e. The van der Waals surface area contributed by atoms with Gasteiger partial charge in [0, 0.05) is 6.04 Å². The molecule has 0 spiro atoms. The van der Waals surface area contributed by atoms with E-state index in [9.17, 15) is 0 Å². The number of hydrogen-bond acceptors (Lipinski definition) is 2. The van der Waals surface area contributed by atoms with Gasteiger partial charge in [-0.15, -0.1) is 0 Å². The van der Waals surface area contributed by atoms with E-state index >= 15 is 0 Å². The van der Waals surface area contributed by atoms with Crippen LogP contribution in [0.4, 0.5) is 0 Å². The van der Waals surface area contributed by atoms with E-state index in [0.717, 1.165) is 11.8 Å². The maximum atomic E-state index is 8.88. The average molecular weight is 391 g/mol. The maximum absolute atomic E-state index is 8.88. The molecule has 27 heavy (non-hydrogen) atoms. The van der Waals surface area contributed by atoms with Gasteiger partial charge in [0.25, 0.3) is 0 Å². The van der Waals surface area contributed by atoms with Gasteiger partial charge in [-0.25, -0.2) is 4.57 Å². The summed E-state index contributed by atoms with van der Waals surface area (Å²) in [5.74, 6) is 2.00. The van der Waals surface area contributed by atoms with Crippen molar-refractivity contribution in [2.45, 2.75) is 44.6 Å². The van der Waals surface area contributed by atoms with Crippen molar-refractivity contribution in [3.05, 3.63) is 60.7 Å². The zero-order valence-corrected chi connectivity index (χ0v) is 16.4. The van der Waals surface area contributed by atoms with E-state index in [1.54, 1.807) is 0 Å². The minimum absolute atomic E-state index is 0.545. The predicted molar refractivity (Wildman–Crippen MR) is 109 cm³/mol. The number of phosphoric acid groups is 1. The van der Waals surface area contributed by atoms with E-state index in [-0.39, 0.29) is 0 Å². The van der Waals surface area contributed by atoms with E-state index < -0.39 is 7.82 Å². The summed E-state index contributed by atoms with van der Waals surface area (Å²) in [6.45, 7) is 0. The number of benzene rings is 2. The second-order valence-electron chi connectivity index (χ2n) is 7.38. The largest absolute Gasteiger partial charge is 0.466 e. The molecule has 2 aliphatic carbocycles. The Bertz CT molecular complexity index is 643. The molecule has 2 aliphatic rings. The molecule has 1 unspecified atom stereocenters. The standard InChI is InChI=1S/C12H10.C9H17N.H3O4P/c1-3-7-11(8-4-1)12-9-5-2-6-10-12;10-9-5-7-2-1-3-8(4-7)6-9;1-5(2,3)4/h1-10H;7-9H,1-6,10H2;(H3,1,2,3,4)/t;7-,8+,9?;. The first-order valence-electron chi connectivity index (χ1n) is 9.45. The quantitative estimate of drug-likeness (QED) is 0.542. The van der Waals surface area contributed by atoms with Crippen LogP contribution in [-0.2, 0) is 4.57 Å². The maximum Gasteiger partial charge on any atom is 0.466 e. The molecule has 5 N–H and O–H groups in total. The topological polar surface area (TPSA) is 104 Å². The van der Waals surface area contributed by atoms with Gasteiger partial charge in [-0.05, 0) is 42.2 Å². The minimum atomic E-state index is -4.64. The molecule has 2 aromatic carbocycles. The zero-order chi connectivity index (χ0) is 19.7. The van der Waals surface area contributed by atoms with Gasteiger partial charge in [-0.1, -0.05) is 79.9 Å². The first kappa shape index (κ1) is 21.8. The minimum Gasteiger partial charge on any atom is -0.328 e. The van der Waals surface area contributed by atoms with Crippen molar-refractivity contribution in [3.8, 4) is 11.1 Å². The van der Waals surface area contributed by atoms with E-state index in [1.807, 2.05) is 12.1 Å². The summed E-state index contributed by atoms with van der Waals surface area (Å²) in [4.78, 5) is 21.6. The van der Waals surface area contributed by atoms with Crippen LogP contribution in [0.25, 0.3) is 11.1 Å². The summed E-state index contributed by atoms with van der Waals surface area (Å²) in [7, 11) is -4.64. The van der Waals surface area contributed by atoms with E-state index in [2.05, 4.69) is 48.5 Å². The van der Waals surface area contributed by atoms with E-state index in [1.165, 1.54) is 49.7 Å². The van der Waals surface area contributed by atoms with Gasteiger partial charge in [-0.2, -0.15) is 0 Å². The van der Waals surface area contributed by atoms with Crippen molar-refractivity contribution in [2.24, 2.45) is 17.6 Å². The molecular formula is C21H30NO4P. The van der Waals surface area contributed by atoms with Crippen LogP contribution in [0.3, 0.4) is 0 Å². The van der Waals surface area contributed by atoms with Crippen LogP contribution < -0.4 is 5.73 Å². The lowest BCUT2D eigenvalue weighted by Crippen LogP contribution is -2.35. The van der Waals surface area contributed by atoms with Crippen molar-refractivity contribution in [3.63, 3.8) is 0 Å². The molecule has 3 atom stereocenters. The van der Waals surface area contributed by atoms with Crippen molar-refractivity contribution < 1.29 is 19.2 Å². The van der Waals surface area contributed by atoms with Crippen molar-refractivity contribution in [1.29, 1.82) is 0 Å². The SMILES string of the molecule is NC1C[C@H]2CCC[C@@H](C1)C2.O=P(O)(O)O.c1ccc(-c2ccccc2)cc1. The van der Waals surface area contributed by atoms with Gasteiger partial charge in [0.1, 0.15) is 0 Å². The third-order valence-electron chi connectivity index (χ3n) is 5.04. The molecule has 4 rings (SSSR count). The highest BCUT2D eigenvalue weighted by Gasteiger charge is 2.29. The lowest BCUT2D eigenvalue weighted by molar-refractivity contribution is 0.171. The second-order valence-corrected chi connectivity index (χ2v) is 8.40. The van der Waals surface area contributed by atoms with Crippen molar-refractivity contribution in [1.82, 2.24) is 0 Å². The fraction of sp³-hybridized carbons (Fsp3) is 0.429. The molecule has 2 fully saturated rings. The van der Waals surface area contributed by atoms with Gasteiger partial charge < -0.3 is 20.4 Å². The fourth-order valence-electron chi connectivity index (χ4n) is 4.04. The molecule has 0 saturated heterocycles. The summed E-state index contributed by atoms with van der Waals surface area (Å²) >= 11 is 0. The average Bonchev–Trinajstić information content (AvgIpc) is 2.62. The summed E-state index contributed by atoms with van der Waals surface area (Å²) in [6, 6.07) is 21.3. The monoisotopic (exact) mass is 391 g/mol. The third kappa shape index (κ3) is 9.32. The Morgan fingerprint density at radius 1 is 0.741 bits per heavy atom. The number of fused-ring (bicyclic) bond motifs is 2. The van der Waals surface area contributed by atoms with Crippen LogP contribution in [0.5, 0.6) is 0 Å². The molecule has 5 nitrogen and oxygen atoms in total. The summed E-state index contributed by atoms with van der Waals surface area (Å²) in [5, 5.41) is 0. The van der Waals surface area contributed by atoms with Crippen LogP contribution in [0.2, 0.25) is 0 Å². The van der Waals surface area contributed by atoms with E-state index in [0.29, 0.717) is 6.04 Å². The van der Waals surface area contributed by atoms with Crippen LogP contribution in [-0.4, -0.2) is 20.7 Å². The molecular weight excluding hydrogens is 361 g/mol. The Morgan fingerprint density at radius 3 is 1.48 bits per heavy atom. The molecule has 2 bridgehead atoms. The van der Waals surface area contributed by atoms with Gasteiger partial charge in [-0.3, -0.25) is 0 Å². The first-order valence-corrected chi connectivity index (χ1v) is 11.0. The molecule has 0 amide bonds. The normalized spacial score (nSPS) is 23.9. The number of hydrogen-bond donors (Lipinski definition) is 4. The molecule has 2 aromatic rings. The molecule has 0 aromatic heterocycles. The van der Waals surface area contributed by atoms with E-state index in [4.69, 9.17) is 25.0 Å². The lowest BCUT2D eigenvalue weighted by Gasteiger charge is -2.37. The number of nitrogens with two attached hydrogens (primary N) is 1. The molecule has 0 radical (unpaired) electrons. The van der Waals surface area contributed by atoms with Crippen molar-refractivity contribution >= 4 is 7.82 Å². The Kier molecular flexibility index (Phi) is 8.68. The van der Waals surface area contributed by atoms with Crippen molar-refractivity contribution in [2.75, 3.05) is 0 Å². The highest BCUT2D eigenvalue weighted by molar-refractivity contribution is 7.45. The zero-order valence-electron chi connectivity index (χ0n) is 15.5. The third-order valence-corrected chi connectivity index (χ3v) is 5.04. The highest BCUT2D eigenvalue weighted by Crippen LogP contribution is 2.38. The van der Waals surface area contributed by atoms with Gasteiger partial charge in [0.2, 0.25) is 0 Å². The van der Waals surface area contributed by atoms with Crippen LogP contribution in [0.1, 0.15) is 38.5 Å². The molecule has 0 heterocycles. The second kappa shape index (κ2) is 10.7. The lowest BCUT2D eigenvalue weighted by atomic mass is 9.71. The predicted octanol–water partition coefficient (Wildman–Crippen LogP) is 4.34. The molecule has 2 saturated carbocycles. The Morgan fingerprint density at radius 2 is 1.11 bits per heavy atom. The van der Waals surface area contributed by atoms with Gasteiger partial charge >= 0.3 is 7.82 Å². The van der Waals surface area contributed by atoms with Gasteiger partial charge in [0.15, 0.2) is 0 Å². The highest BCUT2D eigenvalue weighted by atomic mass is 31.2. The Hall–Kier alpha value is -1.49. The fourth-order valence-corrected chi connectivity index (χ4v) is 4.04. The van der Waals surface area contributed by atoms with Crippen LogP contribution in [0, 0.1) is 11.8 Å². The summed E-state index contributed by atoms with van der Waals surface area (Å²) < 4.78 is 8.88. The summed E-state index contributed by atoms with van der Waals surface area (Å²) in [6.07, 6.45) is 8.52. The molecule has 6 heteroatoms. The molecule has 0 aliphatic heterocycles. The van der Waals surface area contributed by atoms with Gasteiger partial charge in [0.05, 0.1) is 0 Å². The number of rotatable bonds is 1. The Labute approximate surface area is 161 Å². The van der Waals surface area contributed by atoms with Crippen LogP contribution in [0.15, 0.2) is 60.7 Å². The molecule has 148 valence electrons. The van der Waals surface area contributed by atoms with Crippen LogP contribution >= 0.6 is 7.82 Å². The summed E-state index contributed by atoms with van der Waals surface area (Å²) in [5.41, 5.74) is 8.48. The first-order chi connectivity index (χ1) is 12.8.